The Hall–Kier alpha value is -1.33. The van der Waals surface area contributed by atoms with Crippen LogP contribution in [0.1, 0.15) is 26.2 Å². The minimum absolute atomic E-state index is 0.660. The number of nitrogens with zero attached hydrogens (tertiary/aromatic N) is 3. The molecular formula is C16H28N4O. The van der Waals surface area contributed by atoms with Crippen LogP contribution in [-0.4, -0.2) is 55.8 Å². The SMILES string of the molecule is CCOc1cccc(N2CCN(CCCCCN)CC2)n1. The summed E-state index contributed by atoms with van der Waals surface area (Å²) in [5.74, 6) is 1.75. The van der Waals surface area contributed by atoms with Gasteiger partial charge in [-0.25, -0.2) is 0 Å². The maximum atomic E-state index is 5.53. The summed E-state index contributed by atoms with van der Waals surface area (Å²) in [5, 5.41) is 0. The molecule has 1 aromatic rings. The number of aromatic nitrogens is 1. The molecule has 5 heteroatoms. The van der Waals surface area contributed by atoms with Crippen molar-refractivity contribution in [3.63, 3.8) is 0 Å². The van der Waals surface area contributed by atoms with Crippen LogP contribution >= 0.6 is 0 Å². The van der Waals surface area contributed by atoms with Crippen LogP contribution in [0.25, 0.3) is 0 Å². The van der Waals surface area contributed by atoms with Gasteiger partial charge in [-0.15, -0.1) is 0 Å². The van der Waals surface area contributed by atoms with Crippen molar-refractivity contribution in [3.8, 4) is 5.88 Å². The third-order valence-electron chi connectivity index (χ3n) is 3.88. The van der Waals surface area contributed by atoms with E-state index in [1.807, 2.05) is 19.1 Å². The first-order valence-electron chi connectivity index (χ1n) is 8.10. The zero-order valence-electron chi connectivity index (χ0n) is 13.1. The molecule has 2 rings (SSSR count). The Morgan fingerprint density at radius 3 is 2.67 bits per heavy atom. The summed E-state index contributed by atoms with van der Waals surface area (Å²) in [6.45, 7) is 8.96. The second-order valence-electron chi connectivity index (χ2n) is 5.45. The standard InChI is InChI=1S/C16H28N4O/c1-2-21-16-8-6-7-15(18-16)20-13-11-19(12-14-20)10-5-3-4-9-17/h6-8H,2-5,9-14,17H2,1H3. The van der Waals surface area contributed by atoms with E-state index in [1.165, 1.54) is 19.4 Å². The zero-order chi connectivity index (χ0) is 14.9. The molecule has 5 nitrogen and oxygen atoms in total. The van der Waals surface area contributed by atoms with Gasteiger partial charge in [0, 0.05) is 32.2 Å². The molecule has 1 aliphatic heterocycles. The predicted molar refractivity (Wildman–Crippen MR) is 87.0 cm³/mol. The molecule has 1 aliphatic rings. The molecule has 0 aliphatic carbocycles. The summed E-state index contributed by atoms with van der Waals surface area (Å²) >= 11 is 0. The van der Waals surface area contributed by atoms with Crippen LogP contribution in [0.2, 0.25) is 0 Å². The molecule has 0 spiro atoms. The first kappa shape index (κ1) is 16.0. The van der Waals surface area contributed by atoms with E-state index in [2.05, 4.69) is 20.9 Å². The summed E-state index contributed by atoms with van der Waals surface area (Å²) in [4.78, 5) is 9.46. The Labute approximate surface area is 128 Å². The molecule has 0 unspecified atom stereocenters. The van der Waals surface area contributed by atoms with Crippen LogP contribution < -0.4 is 15.4 Å². The lowest BCUT2D eigenvalue weighted by molar-refractivity contribution is 0.251. The molecule has 1 saturated heterocycles. The van der Waals surface area contributed by atoms with Gasteiger partial charge in [0.25, 0.3) is 0 Å². The fraction of sp³-hybridized carbons (Fsp3) is 0.688. The summed E-state index contributed by atoms with van der Waals surface area (Å²) in [5.41, 5.74) is 5.53. The van der Waals surface area contributed by atoms with Gasteiger partial charge in [-0.05, 0) is 38.9 Å². The highest BCUT2D eigenvalue weighted by atomic mass is 16.5. The fourth-order valence-corrected chi connectivity index (χ4v) is 2.67. The number of nitrogens with two attached hydrogens (primary N) is 1. The van der Waals surface area contributed by atoms with E-state index < -0.39 is 0 Å². The average Bonchev–Trinajstić information content (AvgIpc) is 2.53. The van der Waals surface area contributed by atoms with Gasteiger partial charge in [-0.1, -0.05) is 12.5 Å². The summed E-state index contributed by atoms with van der Waals surface area (Å²) in [6, 6.07) is 6.01. The molecule has 1 aromatic heterocycles. The van der Waals surface area contributed by atoms with E-state index in [0.717, 1.165) is 50.8 Å². The molecule has 2 heterocycles. The first-order valence-corrected chi connectivity index (χ1v) is 8.10. The zero-order valence-corrected chi connectivity index (χ0v) is 13.1. The van der Waals surface area contributed by atoms with Crippen molar-refractivity contribution >= 4 is 5.82 Å². The van der Waals surface area contributed by atoms with Gasteiger partial charge in [0.05, 0.1) is 6.61 Å². The van der Waals surface area contributed by atoms with Gasteiger partial charge < -0.3 is 15.4 Å². The molecule has 0 aromatic carbocycles. The topological polar surface area (TPSA) is 54.6 Å². The van der Waals surface area contributed by atoms with Gasteiger partial charge in [-0.2, -0.15) is 4.98 Å². The van der Waals surface area contributed by atoms with Crippen LogP contribution in [0.4, 0.5) is 5.82 Å². The Bertz CT molecular complexity index is 405. The number of hydrogen-bond acceptors (Lipinski definition) is 5. The number of pyridine rings is 1. The van der Waals surface area contributed by atoms with Gasteiger partial charge in [0.2, 0.25) is 5.88 Å². The highest BCUT2D eigenvalue weighted by molar-refractivity contribution is 5.41. The van der Waals surface area contributed by atoms with Crippen LogP contribution in [0.15, 0.2) is 18.2 Å². The van der Waals surface area contributed by atoms with E-state index in [1.54, 1.807) is 0 Å². The monoisotopic (exact) mass is 292 g/mol. The van der Waals surface area contributed by atoms with Crippen molar-refractivity contribution in [1.29, 1.82) is 0 Å². The average molecular weight is 292 g/mol. The summed E-state index contributed by atoms with van der Waals surface area (Å²) in [7, 11) is 0. The Morgan fingerprint density at radius 2 is 1.95 bits per heavy atom. The van der Waals surface area contributed by atoms with Gasteiger partial charge in [0.1, 0.15) is 5.82 Å². The number of unbranched alkanes of at least 4 members (excludes halogenated alkanes) is 2. The largest absolute Gasteiger partial charge is 0.478 e. The van der Waals surface area contributed by atoms with Crippen LogP contribution in [0.5, 0.6) is 5.88 Å². The minimum Gasteiger partial charge on any atom is -0.478 e. The number of hydrogen-bond donors (Lipinski definition) is 1. The third kappa shape index (κ3) is 5.17. The minimum atomic E-state index is 0.660. The van der Waals surface area contributed by atoms with E-state index in [-0.39, 0.29) is 0 Å². The smallest absolute Gasteiger partial charge is 0.215 e. The molecule has 0 amide bonds. The number of ether oxygens (including phenoxy) is 1. The lowest BCUT2D eigenvalue weighted by atomic mass is 10.2. The lowest BCUT2D eigenvalue weighted by Gasteiger charge is -2.35. The summed E-state index contributed by atoms with van der Waals surface area (Å²) < 4.78 is 5.48. The molecular weight excluding hydrogens is 264 g/mol. The normalized spacial score (nSPS) is 16.2. The molecule has 21 heavy (non-hydrogen) atoms. The molecule has 118 valence electrons. The summed E-state index contributed by atoms with van der Waals surface area (Å²) in [6.07, 6.45) is 3.65. The predicted octanol–water partition coefficient (Wildman–Crippen LogP) is 1.73. The van der Waals surface area contributed by atoms with Crippen molar-refractivity contribution in [1.82, 2.24) is 9.88 Å². The van der Waals surface area contributed by atoms with Crippen LogP contribution in [0, 0.1) is 0 Å². The van der Waals surface area contributed by atoms with E-state index in [0.29, 0.717) is 6.61 Å². The number of piperazine rings is 1. The van der Waals surface area contributed by atoms with Crippen molar-refractivity contribution in [2.75, 3.05) is 50.8 Å². The second-order valence-corrected chi connectivity index (χ2v) is 5.45. The number of rotatable bonds is 8. The third-order valence-corrected chi connectivity index (χ3v) is 3.88. The Kier molecular flexibility index (Phi) is 6.76. The van der Waals surface area contributed by atoms with Crippen molar-refractivity contribution in [3.05, 3.63) is 18.2 Å². The fourth-order valence-electron chi connectivity index (χ4n) is 2.67. The Balaban J connectivity index is 1.76. The van der Waals surface area contributed by atoms with Gasteiger partial charge >= 0.3 is 0 Å². The van der Waals surface area contributed by atoms with Crippen molar-refractivity contribution < 1.29 is 4.74 Å². The highest BCUT2D eigenvalue weighted by Gasteiger charge is 2.17. The van der Waals surface area contributed by atoms with E-state index in [9.17, 15) is 0 Å². The van der Waals surface area contributed by atoms with Gasteiger partial charge in [-0.3, -0.25) is 4.90 Å². The van der Waals surface area contributed by atoms with Crippen LogP contribution in [0.3, 0.4) is 0 Å². The maximum absolute atomic E-state index is 5.53. The second kappa shape index (κ2) is 8.85. The van der Waals surface area contributed by atoms with E-state index in [4.69, 9.17) is 10.5 Å². The maximum Gasteiger partial charge on any atom is 0.215 e. The molecule has 0 radical (unpaired) electrons. The number of anilines is 1. The van der Waals surface area contributed by atoms with Crippen molar-refractivity contribution in [2.45, 2.75) is 26.2 Å². The molecule has 0 bridgehead atoms. The van der Waals surface area contributed by atoms with Crippen molar-refractivity contribution in [2.24, 2.45) is 5.73 Å². The quantitative estimate of drug-likeness (QED) is 0.740. The van der Waals surface area contributed by atoms with Crippen LogP contribution in [-0.2, 0) is 0 Å². The Morgan fingerprint density at radius 1 is 1.14 bits per heavy atom. The molecule has 0 atom stereocenters. The van der Waals surface area contributed by atoms with E-state index >= 15 is 0 Å². The highest BCUT2D eigenvalue weighted by Crippen LogP contribution is 2.17. The molecule has 1 fully saturated rings. The van der Waals surface area contributed by atoms with Gasteiger partial charge in [0.15, 0.2) is 0 Å². The molecule has 0 saturated carbocycles. The molecule has 2 N–H and O–H groups in total. The first-order chi connectivity index (χ1) is 10.3. The lowest BCUT2D eigenvalue weighted by Crippen LogP contribution is -2.46.